The van der Waals surface area contributed by atoms with Crippen molar-refractivity contribution in [2.24, 2.45) is 0 Å². The lowest BCUT2D eigenvalue weighted by Crippen LogP contribution is -2.19. The van der Waals surface area contributed by atoms with Gasteiger partial charge in [0.15, 0.2) is 0 Å². The maximum Gasteiger partial charge on any atom is 0.150 e. The molecule has 0 N–H and O–H groups in total. The Morgan fingerprint density at radius 3 is 1.47 bits per heavy atom. The lowest BCUT2D eigenvalue weighted by molar-refractivity contribution is 0.525. The highest BCUT2D eigenvalue weighted by Gasteiger charge is 2.19. The van der Waals surface area contributed by atoms with E-state index in [0.29, 0.717) is 0 Å². The molecule has 0 aromatic carbocycles. The summed E-state index contributed by atoms with van der Waals surface area (Å²) in [6.07, 6.45) is 12.5. The molecule has 0 atom stereocenters. The van der Waals surface area contributed by atoms with Gasteiger partial charge in [0.2, 0.25) is 0 Å². The molecule has 0 rings (SSSR count). The molecule has 17 heavy (non-hydrogen) atoms. The van der Waals surface area contributed by atoms with E-state index in [4.69, 9.17) is 0 Å². The fourth-order valence-electron chi connectivity index (χ4n) is 2.17. The second-order valence-electron chi connectivity index (χ2n) is 5.15. The molecule has 0 radical (unpaired) electrons. The van der Waals surface area contributed by atoms with Gasteiger partial charge in [-0.2, -0.15) is 0 Å². The molecule has 0 heterocycles. The molecule has 0 unspecified atom stereocenters. The van der Waals surface area contributed by atoms with Crippen molar-refractivity contribution in [2.45, 2.75) is 83.3 Å². The summed E-state index contributed by atoms with van der Waals surface area (Å²) in [5.74, 6) is 0. The summed E-state index contributed by atoms with van der Waals surface area (Å²) < 4.78 is 23.3. The second-order valence-corrected chi connectivity index (χ2v) is 7.48. The minimum atomic E-state index is -2.84. The maximum atomic E-state index is 11.7. The average molecular weight is 262 g/mol. The third kappa shape index (κ3) is 9.63. The molecule has 0 spiro atoms. The number of sulfone groups is 1. The summed E-state index contributed by atoms with van der Waals surface area (Å²) in [7, 11) is -2.84. The monoisotopic (exact) mass is 262 g/mol. The first-order valence-corrected chi connectivity index (χ1v) is 9.16. The summed E-state index contributed by atoms with van der Waals surface area (Å²) in [5, 5.41) is -0.0868. The number of unbranched alkanes of at least 4 members (excludes halogenated alkanes) is 6. The molecular formula is C14H30O2S. The van der Waals surface area contributed by atoms with Crippen LogP contribution in [0.4, 0.5) is 0 Å². The van der Waals surface area contributed by atoms with Gasteiger partial charge in [-0.3, -0.25) is 0 Å². The summed E-state index contributed by atoms with van der Waals surface area (Å²) in [6.45, 7) is 4.36. The van der Waals surface area contributed by atoms with Gasteiger partial charge in [-0.05, 0) is 12.8 Å². The molecule has 0 fully saturated rings. The molecule has 2 nitrogen and oxygen atoms in total. The van der Waals surface area contributed by atoms with Gasteiger partial charge in [0, 0.05) is 6.26 Å². The molecule has 0 aromatic heterocycles. The molecule has 0 amide bonds. The van der Waals surface area contributed by atoms with E-state index >= 15 is 0 Å². The van der Waals surface area contributed by atoms with Crippen molar-refractivity contribution >= 4 is 9.84 Å². The Balaban J connectivity index is 3.90. The molecule has 0 aliphatic carbocycles. The van der Waals surface area contributed by atoms with Crippen molar-refractivity contribution in [3.8, 4) is 0 Å². The van der Waals surface area contributed by atoms with Crippen molar-refractivity contribution in [3.63, 3.8) is 0 Å². The highest BCUT2D eigenvalue weighted by atomic mass is 32.2. The van der Waals surface area contributed by atoms with Crippen LogP contribution in [0.3, 0.4) is 0 Å². The molecule has 0 saturated heterocycles. The van der Waals surface area contributed by atoms with E-state index in [1.807, 2.05) is 0 Å². The van der Waals surface area contributed by atoms with E-state index in [0.717, 1.165) is 25.7 Å². The summed E-state index contributed by atoms with van der Waals surface area (Å²) >= 11 is 0. The van der Waals surface area contributed by atoms with Crippen LogP contribution in [-0.2, 0) is 9.84 Å². The Kier molecular flexibility index (Phi) is 9.90. The normalized spacial score (nSPS) is 12.2. The van der Waals surface area contributed by atoms with Crippen molar-refractivity contribution in [3.05, 3.63) is 0 Å². The average Bonchev–Trinajstić information content (AvgIpc) is 2.25. The minimum Gasteiger partial charge on any atom is -0.229 e. The van der Waals surface area contributed by atoms with Gasteiger partial charge >= 0.3 is 0 Å². The number of hydrogen-bond acceptors (Lipinski definition) is 2. The van der Waals surface area contributed by atoms with Crippen LogP contribution < -0.4 is 0 Å². The van der Waals surface area contributed by atoms with E-state index in [1.165, 1.54) is 44.8 Å². The van der Waals surface area contributed by atoms with Crippen LogP contribution in [-0.4, -0.2) is 19.9 Å². The Bertz CT molecular complexity index is 245. The van der Waals surface area contributed by atoms with E-state index in [1.54, 1.807) is 0 Å². The molecular weight excluding hydrogens is 232 g/mol. The second kappa shape index (κ2) is 9.93. The Morgan fingerprint density at radius 2 is 1.18 bits per heavy atom. The minimum absolute atomic E-state index is 0.0868. The zero-order valence-corrected chi connectivity index (χ0v) is 12.7. The van der Waals surface area contributed by atoms with Gasteiger partial charge in [-0.15, -0.1) is 0 Å². The number of hydrogen-bond donors (Lipinski definition) is 0. The quantitative estimate of drug-likeness (QED) is 0.519. The van der Waals surface area contributed by atoms with Gasteiger partial charge in [-0.1, -0.05) is 65.2 Å². The molecule has 3 heteroatoms. The van der Waals surface area contributed by atoms with Gasteiger partial charge in [0.25, 0.3) is 0 Å². The highest BCUT2D eigenvalue weighted by Crippen LogP contribution is 2.18. The predicted octanol–water partition coefficient (Wildman–Crippen LogP) is 4.34. The van der Waals surface area contributed by atoms with Gasteiger partial charge in [0.1, 0.15) is 9.84 Å². The summed E-state index contributed by atoms with van der Waals surface area (Å²) in [5.41, 5.74) is 0. The molecule has 104 valence electrons. The van der Waals surface area contributed by atoms with Crippen LogP contribution in [0, 0.1) is 0 Å². The molecule has 0 bridgehead atoms. The summed E-state index contributed by atoms with van der Waals surface area (Å²) in [6, 6.07) is 0. The summed E-state index contributed by atoms with van der Waals surface area (Å²) in [4.78, 5) is 0. The lowest BCUT2D eigenvalue weighted by atomic mass is 10.1. The largest absolute Gasteiger partial charge is 0.229 e. The van der Waals surface area contributed by atoms with Gasteiger partial charge < -0.3 is 0 Å². The van der Waals surface area contributed by atoms with Crippen LogP contribution >= 0.6 is 0 Å². The van der Waals surface area contributed by atoms with Crippen molar-refractivity contribution in [1.82, 2.24) is 0 Å². The Labute approximate surface area is 108 Å². The first-order valence-electron chi connectivity index (χ1n) is 7.21. The third-order valence-corrected chi connectivity index (χ3v) is 5.05. The molecule has 0 aliphatic heterocycles. The molecule has 0 saturated carbocycles. The van der Waals surface area contributed by atoms with Crippen molar-refractivity contribution in [2.75, 3.05) is 6.26 Å². The topological polar surface area (TPSA) is 34.1 Å². The Hall–Kier alpha value is -0.0500. The van der Waals surface area contributed by atoms with Crippen LogP contribution in [0.2, 0.25) is 0 Å². The standard InChI is InChI=1S/C14H30O2S/c1-4-6-8-10-12-14(17(3,15)16)13-11-9-7-5-2/h14H,4-13H2,1-3H3. The van der Waals surface area contributed by atoms with Crippen LogP contribution in [0.1, 0.15) is 78.1 Å². The number of rotatable bonds is 11. The van der Waals surface area contributed by atoms with Crippen LogP contribution in [0.25, 0.3) is 0 Å². The van der Waals surface area contributed by atoms with Gasteiger partial charge in [-0.25, -0.2) is 8.42 Å². The van der Waals surface area contributed by atoms with Crippen molar-refractivity contribution in [1.29, 1.82) is 0 Å². The predicted molar refractivity (Wildman–Crippen MR) is 76.1 cm³/mol. The van der Waals surface area contributed by atoms with E-state index < -0.39 is 9.84 Å². The highest BCUT2D eigenvalue weighted by molar-refractivity contribution is 7.91. The zero-order valence-electron chi connectivity index (χ0n) is 11.9. The van der Waals surface area contributed by atoms with Gasteiger partial charge in [0.05, 0.1) is 5.25 Å². The molecule has 0 aliphatic rings. The van der Waals surface area contributed by atoms with Crippen LogP contribution in [0.5, 0.6) is 0 Å². The fourth-order valence-corrected chi connectivity index (χ4v) is 3.36. The maximum absolute atomic E-state index is 11.7. The molecule has 0 aromatic rings. The lowest BCUT2D eigenvalue weighted by Gasteiger charge is -2.14. The SMILES string of the molecule is CCCCCCC(CCCCCC)S(C)(=O)=O. The van der Waals surface area contributed by atoms with E-state index in [9.17, 15) is 8.42 Å². The zero-order chi connectivity index (χ0) is 13.1. The van der Waals surface area contributed by atoms with E-state index in [2.05, 4.69) is 13.8 Å². The van der Waals surface area contributed by atoms with Crippen LogP contribution in [0.15, 0.2) is 0 Å². The smallest absolute Gasteiger partial charge is 0.150 e. The third-order valence-electron chi connectivity index (χ3n) is 3.36. The van der Waals surface area contributed by atoms with E-state index in [-0.39, 0.29) is 5.25 Å². The Morgan fingerprint density at radius 1 is 0.765 bits per heavy atom. The first kappa shape index (κ1) is 16.9. The first-order chi connectivity index (χ1) is 8.02. The van der Waals surface area contributed by atoms with Crippen molar-refractivity contribution < 1.29 is 8.42 Å². The fraction of sp³-hybridized carbons (Fsp3) is 1.00.